The maximum Gasteiger partial charge on any atom is 0.323 e. The molecule has 1 atom stereocenters. The zero-order valence-corrected chi connectivity index (χ0v) is 16.4. The van der Waals surface area contributed by atoms with Gasteiger partial charge in [-0.05, 0) is 37.1 Å². The maximum atomic E-state index is 12.9. The van der Waals surface area contributed by atoms with Crippen molar-refractivity contribution in [3.63, 3.8) is 0 Å². The summed E-state index contributed by atoms with van der Waals surface area (Å²) in [6.07, 6.45) is 0. The highest BCUT2D eigenvalue weighted by molar-refractivity contribution is 7.99. The molecule has 0 saturated carbocycles. The van der Waals surface area contributed by atoms with Crippen molar-refractivity contribution in [3.8, 4) is 11.5 Å². The lowest BCUT2D eigenvalue weighted by molar-refractivity contribution is 0.213. The smallest absolute Gasteiger partial charge is 0.323 e. The maximum absolute atomic E-state index is 12.9. The molecule has 1 fully saturated rings. The molecule has 1 unspecified atom stereocenters. The summed E-state index contributed by atoms with van der Waals surface area (Å²) in [5.74, 6) is 2.23. The van der Waals surface area contributed by atoms with Gasteiger partial charge in [0.15, 0.2) is 11.5 Å². The Balaban J connectivity index is 1.87. The van der Waals surface area contributed by atoms with E-state index in [0.717, 1.165) is 28.1 Å². The van der Waals surface area contributed by atoms with E-state index in [1.807, 2.05) is 55.1 Å². The molecule has 0 spiro atoms. The molecule has 6 heteroatoms. The minimum atomic E-state index is -0.106. The third-order valence-corrected chi connectivity index (χ3v) is 5.94. The average molecular weight is 372 g/mol. The Kier molecular flexibility index (Phi) is 5.61. The third kappa shape index (κ3) is 3.46. The Morgan fingerprint density at radius 2 is 1.92 bits per heavy atom. The number of nitrogens with zero attached hydrogens (tertiary/aromatic N) is 1. The van der Waals surface area contributed by atoms with Crippen LogP contribution < -0.4 is 14.8 Å². The Labute approximate surface area is 158 Å². The third-order valence-electron chi connectivity index (χ3n) is 4.70. The fourth-order valence-corrected chi connectivity index (χ4v) is 4.39. The van der Waals surface area contributed by atoms with Gasteiger partial charge in [-0.25, -0.2) is 4.79 Å². The zero-order chi connectivity index (χ0) is 18.7. The molecule has 3 rings (SSSR count). The lowest BCUT2D eigenvalue weighted by atomic mass is 10.1. The van der Waals surface area contributed by atoms with Gasteiger partial charge in [0.2, 0.25) is 0 Å². The van der Waals surface area contributed by atoms with E-state index in [1.54, 1.807) is 26.0 Å². The van der Waals surface area contributed by atoms with Gasteiger partial charge in [0.25, 0.3) is 0 Å². The number of carbonyl (C=O) groups excluding carboxylic acids is 1. The van der Waals surface area contributed by atoms with E-state index >= 15 is 0 Å². The second kappa shape index (κ2) is 7.91. The summed E-state index contributed by atoms with van der Waals surface area (Å²) in [6.45, 7) is 4.75. The molecule has 1 heterocycles. The van der Waals surface area contributed by atoms with Crippen molar-refractivity contribution in [1.82, 2.24) is 4.90 Å². The summed E-state index contributed by atoms with van der Waals surface area (Å²) in [4.78, 5) is 14.8. The van der Waals surface area contributed by atoms with Crippen molar-refractivity contribution in [2.24, 2.45) is 0 Å². The number of anilines is 1. The first-order valence-corrected chi connectivity index (χ1v) is 9.58. The number of ether oxygens (including phenoxy) is 2. The summed E-state index contributed by atoms with van der Waals surface area (Å²) in [6, 6.07) is 11.6. The lowest BCUT2D eigenvalue weighted by Crippen LogP contribution is -2.34. The molecule has 0 radical (unpaired) electrons. The number of methoxy groups -OCH3 is 2. The molecule has 2 aromatic rings. The van der Waals surface area contributed by atoms with Gasteiger partial charge in [-0.1, -0.05) is 24.3 Å². The second-order valence-corrected chi connectivity index (χ2v) is 7.37. The number of amides is 2. The summed E-state index contributed by atoms with van der Waals surface area (Å²) >= 11 is 1.73. The summed E-state index contributed by atoms with van der Waals surface area (Å²) in [7, 11) is 3.25. The molecule has 2 aromatic carbocycles. The van der Waals surface area contributed by atoms with Crippen LogP contribution >= 0.6 is 11.8 Å². The van der Waals surface area contributed by atoms with Crippen LogP contribution in [-0.2, 0) is 0 Å². The van der Waals surface area contributed by atoms with Crippen LogP contribution in [0.5, 0.6) is 11.5 Å². The molecule has 1 aliphatic rings. The number of hydrogen-bond donors (Lipinski definition) is 1. The highest BCUT2D eigenvalue weighted by Gasteiger charge is 2.33. The molecule has 138 valence electrons. The van der Waals surface area contributed by atoms with Crippen LogP contribution in [0.4, 0.5) is 10.5 Å². The van der Waals surface area contributed by atoms with Crippen LogP contribution in [0, 0.1) is 13.8 Å². The number of rotatable bonds is 4. The van der Waals surface area contributed by atoms with Crippen molar-refractivity contribution >= 4 is 23.5 Å². The van der Waals surface area contributed by atoms with Crippen LogP contribution in [0.1, 0.15) is 22.1 Å². The van der Waals surface area contributed by atoms with Gasteiger partial charge in [0.1, 0.15) is 5.37 Å². The van der Waals surface area contributed by atoms with Crippen LogP contribution in [0.2, 0.25) is 0 Å². The Morgan fingerprint density at radius 1 is 1.15 bits per heavy atom. The molecular weight excluding hydrogens is 348 g/mol. The normalized spacial score (nSPS) is 16.5. The zero-order valence-electron chi connectivity index (χ0n) is 15.5. The Bertz CT molecular complexity index is 810. The number of urea groups is 1. The standard InChI is InChI=1S/C20H24N2O3S/c1-13-7-5-9-16(14(13)2)21-20(23)22-11-12-26-19(22)15-8-6-10-17(24-3)18(15)25-4/h5-10,19H,11-12H2,1-4H3,(H,21,23). The van der Waals surface area contributed by atoms with E-state index in [1.165, 1.54) is 0 Å². The quantitative estimate of drug-likeness (QED) is 0.852. The predicted molar refractivity (Wildman–Crippen MR) is 106 cm³/mol. The molecule has 0 aromatic heterocycles. The molecule has 26 heavy (non-hydrogen) atoms. The number of para-hydroxylation sites is 1. The van der Waals surface area contributed by atoms with Gasteiger partial charge in [0, 0.05) is 23.5 Å². The number of nitrogens with one attached hydrogen (secondary N) is 1. The van der Waals surface area contributed by atoms with Crippen molar-refractivity contribution in [2.45, 2.75) is 19.2 Å². The number of benzene rings is 2. The van der Waals surface area contributed by atoms with Crippen LogP contribution in [0.3, 0.4) is 0 Å². The first kappa shape index (κ1) is 18.5. The molecule has 1 N–H and O–H groups in total. The van der Waals surface area contributed by atoms with E-state index in [-0.39, 0.29) is 11.4 Å². The monoisotopic (exact) mass is 372 g/mol. The molecule has 1 saturated heterocycles. The van der Waals surface area contributed by atoms with Crippen molar-refractivity contribution in [1.29, 1.82) is 0 Å². The van der Waals surface area contributed by atoms with Crippen molar-refractivity contribution in [3.05, 3.63) is 53.1 Å². The summed E-state index contributed by atoms with van der Waals surface area (Å²) < 4.78 is 11.0. The van der Waals surface area contributed by atoms with Gasteiger partial charge < -0.3 is 19.7 Å². The molecule has 5 nitrogen and oxygen atoms in total. The summed E-state index contributed by atoms with van der Waals surface area (Å²) in [5, 5.41) is 2.95. The molecule has 2 amide bonds. The van der Waals surface area contributed by atoms with E-state index in [4.69, 9.17) is 9.47 Å². The minimum absolute atomic E-state index is 0.0985. The number of hydrogen-bond acceptors (Lipinski definition) is 4. The first-order valence-electron chi connectivity index (χ1n) is 8.53. The van der Waals surface area contributed by atoms with Gasteiger partial charge >= 0.3 is 6.03 Å². The lowest BCUT2D eigenvalue weighted by Gasteiger charge is -2.26. The van der Waals surface area contributed by atoms with Crippen LogP contribution in [-0.4, -0.2) is 37.4 Å². The predicted octanol–water partition coefficient (Wildman–Crippen LogP) is 4.60. The molecule has 1 aliphatic heterocycles. The van der Waals surface area contributed by atoms with Crippen LogP contribution in [0.15, 0.2) is 36.4 Å². The highest BCUT2D eigenvalue weighted by atomic mass is 32.2. The number of aryl methyl sites for hydroxylation is 1. The topological polar surface area (TPSA) is 50.8 Å². The fourth-order valence-electron chi connectivity index (χ4n) is 3.12. The largest absolute Gasteiger partial charge is 0.493 e. The first-order chi connectivity index (χ1) is 12.6. The van der Waals surface area contributed by atoms with Gasteiger partial charge in [-0.15, -0.1) is 11.8 Å². The van der Waals surface area contributed by atoms with E-state index < -0.39 is 0 Å². The van der Waals surface area contributed by atoms with Crippen molar-refractivity contribution < 1.29 is 14.3 Å². The van der Waals surface area contributed by atoms with Crippen molar-refractivity contribution in [2.75, 3.05) is 31.8 Å². The van der Waals surface area contributed by atoms with E-state index in [9.17, 15) is 4.79 Å². The molecule has 0 aliphatic carbocycles. The van der Waals surface area contributed by atoms with Gasteiger partial charge in [0.05, 0.1) is 14.2 Å². The van der Waals surface area contributed by atoms with E-state index in [0.29, 0.717) is 18.0 Å². The molecular formula is C20H24N2O3S. The van der Waals surface area contributed by atoms with Gasteiger partial charge in [-0.3, -0.25) is 0 Å². The van der Waals surface area contributed by atoms with E-state index in [2.05, 4.69) is 5.32 Å². The van der Waals surface area contributed by atoms with Gasteiger partial charge in [-0.2, -0.15) is 0 Å². The second-order valence-electron chi connectivity index (χ2n) is 6.18. The Morgan fingerprint density at radius 3 is 2.65 bits per heavy atom. The minimum Gasteiger partial charge on any atom is -0.493 e. The fraction of sp³-hybridized carbons (Fsp3) is 0.350. The summed E-state index contributed by atoms with van der Waals surface area (Å²) in [5.41, 5.74) is 4.04. The van der Waals surface area contributed by atoms with Crippen LogP contribution in [0.25, 0.3) is 0 Å². The number of thioether (sulfide) groups is 1. The Hall–Kier alpha value is -2.34. The molecule has 0 bridgehead atoms. The average Bonchev–Trinajstić information content (AvgIpc) is 3.14. The number of carbonyl (C=O) groups is 1. The SMILES string of the molecule is COc1cccc(C2SCCN2C(=O)Nc2cccc(C)c2C)c1OC. The highest BCUT2D eigenvalue weighted by Crippen LogP contribution is 2.45.